The lowest BCUT2D eigenvalue weighted by molar-refractivity contribution is 0.0971. The summed E-state index contributed by atoms with van der Waals surface area (Å²) in [6.45, 7) is 0. The van der Waals surface area contributed by atoms with E-state index in [1.54, 1.807) is 0 Å². The number of nitrogens with one attached hydrogen (secondary N) is 1. The highest BCUT2D eigenvalue weighted by Gasteiger charge is 2.34. The van der Waals surface area contributed by atoms with E-state index in [1.165, 1.54) is 0 Å². The summed E-state index contributed by atoms with van der Waals surface area (Å²) < 4.78 is 27.3. The van der Waals surface area contributed by atoms with Crippen LogP contribution in [-0.2, 0) is 0 Å². The second-order valence-electron chi connectivity index (χ2n) is 4.06. The number of hydrogen-bond acceptors (Lipinski definition) is 3. The van der Waals surface area contributed by atoms with E-state index in [9.17, 15) is 23.2 Å². The fraction of sp³-hybridized carbons (Fsp3) is 0. The third-order valence-corrected chi connectivity index (χ3v) is 2.97. The number of pyridine rings is 1. The Balaban J connectivity index is 2.42. The van der Waals surface area contributed by atoms with Gasteiger partial charge in [-0.05, 0) is 12.1 Å². The maximum Gasteiger partial charge on any atom is 0.248 e. The van der Waals surface area contributed by atoms with Crippen LogP contribution in [0, 0.1) is 11.6 Å². The van der Waals surface area contributed by atoms with Crippen molar-refractivity contribution in [3.63, 3.8) is 0 Å². The fourth-order valence-electron chi connectivity index (χ4n) is 2.11. The van der Waals surface area contributed by atoms with E-state index in [1.807, 2.05) is 0 Å². The van der Waals surface area contributed by atoms with Crippen LogP contribution < -0.4 is 5.56 Å². The van der Waals surface area contributed by atoms with Gasteiger partial charge in [-0.25, -0.2) is 8.78 Å². The maximum absolute atomic E-state index is 13.6. The molecule has 1 heterocycles. The third-order valence-electron chi connectivity index (χ3n) is 2.97. The number of carbonyl (C=O) groups excluding carboxylic acids is 2. The molecule has 1 aromatic heterocycles. The molecule has 0 spiro atoms. The predicted octanol–water partition coefficient (Wildman–Crippen LogP) is 1.43. The maximum atomic E-state index is 13.6. The molecule has 1 N–H and O–H groups in total. The summed E-state index contributed by atoms with van der Waals surface area (Å²) in [5, 5.41) is 0. The Labute approximate surface area is 104 Å². The quantitative estimate of drug-likeness (QED) is 0.665. The molecular weight excluding hydrogens is 256 g/mol. The zero-order valence-electron chi connectivity index (χ0n) is 9.29. The zero-order chi connectivity index (χ0) is 13.7. The molecule has 1 aliphatic rings. The first-order valence-electron chi connectivity index (χ1n) is 5.31. The number of ketones is 2. The van der Waals surface area contributed by atoms with Gasteiger partial charge in [-0.2, -0.15) is 0 Å². The van der Waals surface area contributed by atoms with Gasteiger partial charge in [0.1, 0.15) is 11.6 Å². The number of aromatic amines is 1. The molecule has 1 aromatic carbocycles. The average Bonchev–Trinajstić information content (AvgIpc) is 2.38. The van der Waals surface area contributed by atoms with Crippen molar-refractivity contribution in [2.75, 3.05) is 0 Å². The SMILES string of the molecule is O=C1c2c[nH]c(=O)cc2C(=O)c2c(F)ccc(F)c21. The van der Waals surface area contributed by atoms with Gasteiger partial charge in [0.05, 0.1) is 16.7 Å². The first-order valence-corrected chi connectivity index (χ1v) is 5.31. The summed E-state index contributed by atoms with van der Waals surface area (Å²) >= 11 is 0. The molecule has 0 unspecified atom stereocenters. The van der Waals surface area contributed by atoms with Gasteiger partial charge in [-0.1, -0.05) is 0 Å². The van der Waals surface area contributed by atoms with Crippen LogP contribution in [0.3, 0.4) is 0 Å². The minimum absolute atomic E-state index is 0.137. The lowest BCUT2D eigenvalue weighted by Crippen LogP contribution is -2.26. The van der Waals surface area contributed by atoms with E-state index in [4.69, 9.17) is 0 Å². The van der Waals surface area contributed by atoms with Gasteiger partial charge >= 0.3 is 0 Å². The summed E-state index contributed by atoms with van der Waals surface area (Å²) in [4.78, 5) is 37.5. The fourth-order valence-corrected chi connectivity index (χ4v) is 2.11. The summed E-state index contributed by atoms with van der Waals surface area (Å²) in [6.07, 6.45) is 1.03. The largest absolute Gasteiger partial charge is 0.328 e. The second-order valence-corrected chi connectivity index (χ2v) is 4.06. The molecule has 19 heavy (non-hydrogen) atoms. The van der Waals surface area contributed by atoms with E-state index in [2.05, 4.69) is 4.98 Å². The molecule has 6 heteroatoms. The van der Waals surface area contributed by atoms with Crippen LogP contribution in [0.15, 0.2) is 29.2 Å². The van der Waals surface area contributed by atoms with Crippen LogP contribution in [0.25, 0.3) is 0 Å². The van der Waals surface area contributed by atoms with E-state index < -0.39 is 39.9 Å². The van der Waals surface area contributed by atoms with Crippen LogP contribution in [-0.4, -0.2) is 16.6 Å². The Bertz CT molecular complexity index is 808. The highest BCUT2D eigenvalue weighted by Crippen LogP contribution is 2.29. The van der Waals surface area contributed by atoms with Crippen molar-refractivity contribution in [3.05, 3.63) is 68.6 Å². The summed E-state index contributed by atoms with van der Waals surface area (Å²) in [6, 6.07) is 2.47. The number of hydrogen-bond donors (Lipinski definition) is 1. The van der Waals surface area contributed by atoms with Crippen LogP contribution in [0.1, 0.15) is 31.8 Å². The van der Waals surface area contributed by atoms with Crippen molar-refractivity contribution in [2.45, 2.75) is 0 Å². The van der Waals surface area contributed by atoms with Crippen LogP contribution in [0.2, 0.25) is 0 Å². The summed E-state index contributed by atoms with van der Waals surface area (Å²) in [5.41, 5.74) is -2.17. The standard InChI is InChI=1S/C13H5F2NO3/c14-7-1-2-8(15)11-10(7)12(18)5-3-9(17)16-4-6(5)13(11)19/h1-4H,(H,16,17). The highest BCUT2D eigenvalue weighted by atomic mass is 19.1. The van der Waals surface area contributed by atoms with Crippen molar-refractivity contribution in [1.82, 2.24) is 4.98 Å². The predicted molar refractivity (Wildman–Crippen MR) is 60.3 cm³/mol. The van der Waals surface area contributed by atoms with Gasteiger partial charge < -0.3 is 4.98 Å². The van der Waals surface area contributed by atoms with Gasteiger partial charge in [-0.3, -0.25) is 14.4 Å². The van der Waals surface area contributed by atoms with Gasteiger partial charge in [0.2, 0.25) is 5.56 Å². The summed E-state index contributed by atoms with van der Waals surface area (Å²) in [5.74, 6) is -3.64. The lowest BCUT2D eigenvalue weighted by atomic mass is 9.84. The number of fused-ring (bicyclic) bond motifs is 2. The monoisotopic (exact) mass is 261 g/mol. The van der Waals surface area contributed by atoms with Crippen molar-refractivity contribution < 1.29 is 18.4 Å². The van der Waals surface area contributed by atoms with Crippen LogP contribution in [0.4, 0.5) is 8.78 Å². The average molecular weight is 261 g/mol. The number of aromatic nitrogens is 1. The Kier molecular flexibility index (Phi) is 2.22. The Morgan fingerprint density at radius 3 is 1.95 bits per heavy atom. The molecule has 0 atom stereocenters. The first-order chi connectivity index (χ1) is 9.00. The van der Waals surface area contributed by atoms with Gasteiger partial charge in [0.15, 0.2) is 11.6 Å². The molecule has 0 saturated heterocycles. The second kappa shape index (κ2) is 3.68. The smallest absolute Gasteiger partial charge is 0.248 e. The molecule has 0 radical (unpaired) electrons. The van der Waals surface area contributed by atoms with E-state index >= 15 is 0 Å². The van der Waals surface area contributed by atoms with Crippen molar-refractivity contribution in [2.24, 2.45) is 0 Å². The van der Waals surface area contributed by atoms with Gasteiger partial charge in [-0.15, -0.1) is 0 Å². The highest BCUT2D eigenvalue weighted by molar-refractivity contribution is 6.28. The topological polar surface area (TPSA) is 67.0 Å². The molecule has 2 aromatic rings. The Morgan fingerprint density at radius 1 is 0.842 bits per heavy atom. The number of carbonyl (C=O) groups is 2. The van der Waals surface area contributed by atoms with E-state index in [0.717, 1.165) is 24.4 Å². The molecule has 1 aliphatic carbocycles. The molecule has 3 rings (SSSR count). The van der Waals surface area contributed by atoms with E-state index in [-0.39, 0.29) is 11.1 Å². The third kappa shape index (κ3) is 1.46. The number of benzene rings is 1. The normalized spacial score (nSPS) is 13.2. The number of rotatable bonds is 0. The zero-order valence-corrected chi connectivity index (χ0v) is 9.29. The number of halogens is 2. The molecule has 0 aliphatic heterocycles. The summed E-state index contributed by atoms with van der Waals surface area (Å²) in [7, 11) is 0. The lowest BCUT2D eigenvalue weighted by Gasteiger charge is -2.17. The minimum atomic E-state index is -0.985. The molecule has 0 bridgehead atoms. The molecule has 0 saturated carbocycles. The van der Waals surface area contributed by atoms with Crippen molar-refractivity contribution in [3.8, 4) is 0 Å². The molecule has 4 nitrogen and oxygen atoms in total. The molecule has 94 valence electrons. The van der Waals surface area contributed by atoms with Gasteiger partial charge in [0, 0.05) is 17.8 Å². The van der Waals surface area contributed by atoms with Crippen molar-refractivity contribution in [1.29, 1.82) is 0 Å². The van der Waals surface area contributed by atoms with E-state index in [0.29, 0.717) is 0 Å². The number of H-pyrrole nitrogens is 1. The van der Waals surface area contributed by atoms with Crippen LogP contribution >= 0.6 is 0 Å². The molecular formula is C13H5F2NO3. The molecule has 0 fully saturated rings. The van der Waals surface area contributed by atoms with Crippen LogP contribution in [0.5, 0.6) is 0 Å². The molecule has 0 amide bonds. The Hall–Kier alpha value is -2.63. The van der Waals surface area contributed by atoms with Crippen molar-refractivity contribution >= 4 is 11.6 Å². The van der Waals surface area contributed by atoms with Gasteiger partial charge in [0.25, 0.3) is 0 Å². The Morgan fingerprint density at radius 2 is 1.37 bits per heavy atom. The minimum Gasteiger partial charge on any atom is -0.328 e. The first kappa shape index (κ1) is 11.5.